The summed E-state index contributed by atoms with van der Waals surface area (Å²) in [6.45, 7) is 6.43. The average molecular weight is 310 g/mol. The highest BCUT2D eigenvalue weighted by molar-refractivity contribution is 5.38. The molecular weight excluding hydrogens is 284 g/mol. The van der Waals surface area contributed by atoms with Gasteiger partial charge >= 0.3 is 0 Å². The van der Waals surface area contributed by atoms with Crippen LogP contribution >= 0.6 is 0 Å². The summed E-state index contributed by atoms with van der Waals surface area (Å²) in [4.78, 5) is 2.56. The normalized spacial score (nSPS) is 17.0. The lowest BCUT2D eigenvalue weighted by Crippen LogP contribution is -2.45. The lowest BCUT2D eigenvalue weighted by atomic mass is 9.95. The van der Waals surface area contributed by atoms with Crippen molar-refractivity contribution < 1.29 is 4.74 Å². The molecule has 1 fully saturated rings. The Morgan fingerprint density at radius 1 is 1.04 bits per heavy atom. The van der Waals surface area contributed by atoms with E-state index in [1.54, 1.807) is 7.11 Å². The standard InChI is InChI=1S/C20H26N2O/c1-3-16-7-9-17(10-8-16)20(22-13-11-21-12-14-22)18-5-4-6-19(15-18)23-2/h4-10,15,20-21H,3,11-14H2,1-2H3. The minimum Gasteiger partial charge on any atom is -0.497 e. The van der Waals surface area contributed by atoms with Gasteiger partial charge in [0.1, 0.15) is 5.75 Å². The van der Waals surface area contributed by atoms with Crippen molar-refractivity contribution in [3.8, 4) is 5.75 Å². The third-order valence-corrected chi connectivity index (χ3v) is 4.63. The number of piperazine rings is 1. The lowest BCUT2D eigenvalue weighted by molar-refractivity contribution is 0.198. The van der Waals surface area contributed by atoms with E-state index >= 15 is 0 Å². The third kappa shape index (κ3) is 3.74. The van der Waals surface area contributed by atoms with Crippen LogP contribution in [0.25, 0.3) is 0 Å². The highest BCUT2D eigenvalue weighted by atomic mass is 16.5. The number of methoxy groups -OCH3 is 1. The largest absolute Gasteiger partial charge is 0.497 e. The minimum absolute atomic E-state index is 0.290. The number of rotatable bonds is 5. The molecule has 122 valence electrons. The SMILES string of the molecule is CCc1ccc(C(c2cccc(OC)c2)N2CCNCC2)cc1. The number of benzene rings is 2. The van der Waals surface area contributed by atoms with E-state index < -0.39 is 0 Å². The van der Waals surface area contributed by atoms with Gasteiger partial charge in [0, 0.05) is 26.2 Å². The molecule has 2 aromatic carbocycles. The zero-order chi connectivity index (χ0) is 16.1. The molecule has 1 saturated heterocycles. The molecular formula is C20H26N2O. The molecule has 3 nitrogen and oxygen atoms in total. The fourth-order valence-electron chi connectivity index (χ4n) is 3.30. The molecule has 1 atom stereocenters. The molecule has 0 bridgehead atoms. The van der Waals surface area contributed by atoms with Crippen LogP contribution < -0.4 is 10.1 Å². The van der Waals surface area contributed by atoms with Crippen LogP contribution in [0.15, 0.2) is 48.5 Å². The second-order valence-corrected chi connectivity index (χ2v) is 6.06. The molecule has 3 rings (SSSR count). The second kappa shape index (κ2) is 7.62. The predicted octanol–water partition coefficient (Wildman–Crippen LogP) is 3.25. The Labute approximate surface area is 139 Å². The van der Waals surface area contributed by atoms with Gasteiger partial charge in [-0.1, -0.05) is 43.3 Å². The van der Waals surface area contributed by atoms with Gasteiger partial charge in [0.15, 0.2) is 0 Å². The van der Waals surface area contributed by atoms with Crippen molar-refractivity contribution in [1.82, 2.24) is 10.2 Å². The van der Waals surface area contributed by atoms with Crippen molar-refractivity contribution in [2.75, 3.05) is 33.3 Å². The molecule has 0 aliphatic carbocycles. The molecule has 1 N–H and O–H groups in total. The quantitative estimate of drug-likeness (QED) is 0.917. The van der Waals surface area contributed by atoms with Crippen LogP contribution in [0.5, 0.6) is 5.75 Å². The number of nitrogens with zero attached hydrogens (tertiary/aromatic N) is 1. The molecule has 0 saturated carbocycles. The monoisotopic (exact) mass is 310 g/mol. The first-order chi connectivity index (χ1) is 11.3. The van der Waals surface area contributed by atoms with E-state index in [1.807, 2.05) is 6.07 Å². The van der Waals surface area contributed by atoms with Crippen LogP contribution in [0.2, 0.25) is 0 Å². The first-order valence-electron chi connectivity index (χ1n) is 8.49. The fourth-order valence-corrected chi connectivity index (χ4v) is 3.30. The molecule has 23 heavy (non-hydrogen) atoms. The number of nitrogens with one attached hydrogen (secondary N) is 1. The van der Waals surface area contributed by atoms with Crippen molar-refractivity contribution in [3.63, 3.8) is 0 Å². The molecule has 1 heterocycles. The van der Waals surface area contributed by atoms with Crippen molar-refractivity contribution in [2.24, 2.45) is 0 Å². The molecule has 2 aromatic rings. The van der Waals surface area contributed by atoms with Crippen LogP contribution in [0, 0.1) is 0 Å². The van der Waals surface area contributed by atoms with Gasteiger partial charge in [-0.05, 0) is 35.2 Å². The smallest absolute Gasteiger partial charge is 0.119 e. The molecule has 0 amide bonds. The van der Waals surface area contributed by atoms with Crippen LogP contribution in [-0.2, 0) is 6.42 Å². The Balaban J connectivity index is 1.97. The van der Waals surface area contributed by atoms with E-state index in [0.29, 0.717) is 0 Å². The number of aryl methyl sites for hydroxylation is 1. The maximum absolute atomic E-state index is 5.43. The van der Waals surface area contributed by atoms with E-state index in [-0.39, 0.29) is 6.04 Å². The van der Waals surface area contributed by atoms with Crippen molar-refractivity contribution >= 4 is 0 Å². The Kier molecular flexibility index (Phi) is 5.31. The van der Waals surface area contributed by atoms with Gasteiger partial charge in [0.05, 0.1) is 13.2 Å². The molecule has 0 spiro atoms. The van der Waals surface area contributed by atoms with Crippen molar-refractivity contribution in [3.05, 3.63) is 65.2 Å². The van der Waals surface area contributed by atoms with Crippen LogP contribution in [0.1, 0.15) is 29.7 Å². The summed E-state index contributed by atoms with van der Waals surface area (Å²) in [5.41, 5.74) is 4.05. The molecule has 0 aromatic heterocycles. The van der Waals surface area contributed by atoms with Crippen molar-refractivity contribution in [1.29, 1.82) is 0 Å². The van der Waals surface area contributed by atoms with E-state index in [1.165, 1.54) is 16.7 Å². The Hall–Kier alpha value is -1.84. The van der Waals surface area contributed by atoms with Crippen LogP contribution in [0.4, 0.5) is 0 Å². The van der Waals surface area contributed by atoms with E-state index in [9.17, 15) is 0 Å². The van der Waals surface area contributed by atoms with E-state index in [4.69, 9.17) is 4.74 Å². The van der Waals surface area contributed by atoms with Gasteiger partial charge in [-0.2, -0.15) is 0 Å². The van der Waals surface area contributed by atoms with Gasteiger partial charge in [0.25, 0.3) is 0 Å². The summed E-state index contributed by atoms with van der Waals surface area (Å²) < 4.78 is 5.43. The highest BCUT2D eigenvalue weighted by Crippen LogP contribution is 2.31. The number of hydrogen-bond acceptors (Lipinski definition) is 3. The molecule has 3 heteroatoms. The lowest BCUT2D eigenvalue weighted by Gasteiger charge is -2.35. The van der Waals surface area contributed by atoms with Gasteiger partial charge in [-0.15, -0.1) is 0 Å². The predicted molar refractivity (Wildman–Crippen MR) is 95.1 cm³/mol. The average Bonchev–Trinajstić information content (AvgIpc) is 2.64. The third-order valence-electron chi connectivity index (χ3n) is 4.63. The summed E-state index contributed by atoms with van der Waals surface area (Å²) in [6, 6.07) is 17.8. The first-order valence-corrected chi connectivity index (χ1v) is 8.49. The van der Waals surface area contributed by atoms with Gasteiger partial charge in [0.2, 0.25) is 0 Å². The van der Waals surface area contributed by atoms with Crippen molar-refractivity contribution in [2.45, 2.75) is 19.4 Å². The zero-order valence-corrected chi connectivity index (χ0v) is 14.1. The molecule has 0 radical (unpaired) electrons. The van der Waals surface area contributed by atoms with Crippen LogP contribution in [-0.4, -0.2) is 38.2 Å². The summed E-state index contributed by atoms with van der Waals surface area (Å²) in [5, 5.41) is 3.45. The summed E-state index contributed by atoms with van der Waals surface area (Å²) >= 11 is 0. The summed E-state index contributed by atoms with van der Waals surface area (Å²) in [5.74, 6) is 0.924. The summed E-state index contributed by atoms with van der Waals surface area (Å²) in [6.07, 6.45) is 1.08. The molecule has 1 aliphatic heterocycles. The first kappa shape index (κ1) is 16.0. The number of ether oxygens (including phenoxy) is 1. The Morgan fingerprint density at radius 2 is 1.78 bits per heavy atom. The molecule has 1 aliphatic rings. The topological polar surface area (TPSA) is 24.5 Å². The Morgan fingerprint density at radius 3 is 2.43 bits per heavy atom. The van der Waals surface area contributed by atoms with Gasteiger partial charge in [-0.25, -0.2) is 0 Å². The number of hydrogen-bond donors (Lipinski definition) is 1. The molecule has 1 unspecified atom stereocenters. The maximum atomic E-state index is 5.43. The van der Waals surface area contributed by atoms with Crippen LogP contribution in [0.3, 0.4) is 0 Å². The fraction of sp³-hybridized carbons (Fsp3) is 0.400. The Bertz CT molecular complexity index is 618. The van der Waals surface area contributed by atoms with E-state index in [0.717, 1.165) is 38.3 Å². The zero-order valence-electron chi connectivity index (χ0n) is 14.1. The minimum atomic E-state index is 0.290. The van der Waals surface area contributed by atoms with E-state index in [2.05, 4.69) is 59.6 Å². The van der Waals surface area contributed by atoms with Gasteiger partial charge < -0.3 is 10.1 Å². The highest BCUT2D eigenvalue weighted by Gasteiger charge is 2.24. The second-order valence-electron chi connectivity index (χ2n) is 6.06. The maximum Gasteiger partial charge on any atom is 0.119 e. The summed E-state index contributed by atoms with van der Waals surface area (Å²) in [7, 11) is 1.73. The van der Waals surface area contributed by atoms with Gasteiger partial charge in [-0.3, -0.25) is 4.90 Å².